The summed E-state index contributed by atoms with van der Waals surface area (Å²) in [7, 11) is 0. The second-order valence-electron chi connectivity index (χ2n) is 7.54. The van der Waals surface area contributed by atoms with Gasteiger partial charge < -0.3 is 4.90 Å². The van der Waals surface area contributed by atoms with Gasteiger partial charge in [0, 0.05) is 29.4 Å². The van der Waals surface area contributed by atoms with Crippen molar-refractivity contribution in [2.75, 3.05) is 0 Å². The Labute approximate surface area is 164 Å². The minimum atomic E-state index is -0.265. The summed E-state index contributed by atoms with van der Waals surface area (Å²) in [4.78, 5) is 15.0. The first-order chi connectivity index (χ1) is 13.5. The maximum absolute atomic E-state index is 14.1. The van der Waals surface area contributed by atoms with Gasteiger partial charge in [0.2, 0.25) is 0 Å². The molecule has 144 valence electrons. The van der Waals surface area contributed by atoms with E-state index in [-0.39, 0.29) is 17.8 Å². The third-order valence-corrected chi connectivity index (χ3v) is 5.16. The van der Waals surface area contributed by atoms with E-state index in [9.17, 15) is 9.18 Å². The second-order valence-corrected chi connectivity index (χ2v) is 7.54. The quantitative estimate of drug-likeness (QED) is 0.635. The van der Waals surface area contributed by atoms with E-state index in [1.807, 2.05) is 54.9 Å². The van der Waals surface area contributed by atoms with Crippen LogP contribution in [0.1, 0.15) is 45.7 Å². The molecule has 4 nitrogen and oxygen atoms in total. The van der Waals surface area contributed by atoms with Crippen LogP contribution >= 0.6 is 0 Å². The fourth-order valence-corrected chi connectivity index (χ4v) is 3.54. The average molecular weight is 377 g/mol. The molecule has 0 atom stereocenters. The van der Waals surface area contributed by atoms with E-state index in [1.54, 1.807) is 17.0 Å². The van der Waals surface area contributed by atoms with E-state index >= 15 is 0 Å². The summed E-state index contributed by atoms with van der Waals surface area (Å²) in [6.45, 7) is 4.92. The number of aromatic nitrogens is 2. The van der Waals surface area contributed by atoms with Gasteiger partial charge in [0.25, 0.3) is 5.91 Å². The first kappa shape index (κ1) is 18.4. The summed E-state index contributed by atoms with van der Waals surface area (Å²) < 4.78 is 16.0. The van der Waals surface area contributed by atoms with Crippen molar-refractivity contribution in [3.8, 4) is 0 Å². The van der Waals surface area contributed by atoms with Crippen LogP contribution in [0.5, 0.6) is 0 Å². The summed E-state index contributed by atoms with van der Waals surface area (Å²) in [5.41, 5.74) is 4.30. The molecule has 1 fully saturated rings. The monoisotopic (exact) mass is 377 g/mol. The normalized spacial score (nSPS) is 13.5. The SMILES string of the molecule is Cc1cc(C)n(Cc2cccc(C(=O)N(Cc3ccccc3F)C3CC3)c2)n1. The average Bonchev–Trinajstić information content (AvgIpc) is 3.46. The van der Waals surface area contributed by atoms with Gasteiger partial charge in [-0.3, -0.25) is 9.48 Å². The van der Waals surface area contributed by atoms with Crippen LogP contribution in [0.25, 0.3) is 0 Å². The highest BCUT2D eigenvalue weighted by molar-refractivity contribution is 5.94. The van der Waals surface area contributed by atoms with Crippen LogP contribution in [0, 0.1) is 19.7 Å². The molecule has 0 saturated heterocycles. The van der Waals surface area contributed by atoms with Gasteiger partial charge in [-0.05, 0) is 56.5 Å². The summed E-state index contributed by atoms with van der Waals surface area (Å²) in [6, 6.07) is 16.6. The third-order valence-electron chi connectivity index (χ3n) is 5.16. The predicted octanol–water partition coefficient (Wildman–Crippen LogP) is 4.49. The lowest BCUT2D eigenvalue weighted by Crippen LogP contribution is -2.33. The lowest BCUT2D eigenvalue weighted by atomic mass is 10.1. The Morgan fingerprint density at radius 2 is 1.93 bits per heavy atom. The van der Waals surface area contributed by atoms with Gasteiger partial charge >= 0.3 is 0 Å². The standard InChI is InChI=1S/C23H24FN3O/c1-16-12-17(2)27(25-16)14-18-6-5-8-19(13-18)23(28)26(21-10-11-21)15-20-7-3-4-9-22(20)24/h3-9,12-13,21H,10-11,14-15H2,1-2H3. The number of hydrogen-bond donors (Lipinski definition) is 0. The van der Waals surface area contributed by atoms with Crippen molar-refractivity contribution in [1.29, 1.82) is 0 Å². The second kappa shape index (κ2) is 7.58. The van der Waals surface area contributed by atoms with Gasteiger partial charge in [0.15, 0.2) is 0 Å². The summed E-state index contributed by atoms with van der Waals surface area (Å²) >= 11 is 0. The molecule has 2 aromatic carbocycles. The predicted molar refractivity (Wildman–Crippen MR) is 107 cm³/mol. The smallest absolute Gasteiger partial charge is 0.254 e. The molecular formula is C23H24FN3O. The Bertz CT molecular complexity index is 1010. The fraction of sp³-hybridized carbons (Fsp3) is 0.304. The molecule has 1 aliphatic carbocycles. The minimum Gasteiger partial charge on any atom is -0.331 e. The molecule has 0 aliphatic heterocycles. The number of halogens is 1. The first-order valence-corrected chi connectivity index (χ1v) is 9.65. The van der Waals surface area contributed by atoms with Gasteiger partial charge in [-0.25, -0.2) is 4.39 Å². The van der Waals surface area contributed by atoms with E-state index in [0.29, 0.717) is 24.2 Å². The van der Waals surface area contributed by atoms with Crippen LogP contribution in [0.4, 0.5) is 4.39 Å². The van der Waals surface area contributed by atoms with Crippen molar-refractivity contribution in [1.82, 2.24) is 14.7 Å². The molecule has 1 aromatic heterocycles. The van der Waals surface area contributed by atoms with Crippen LogP contribution in [0.2, 0.25) is 0 Å². The van der Waals surface area contributed by atoms with Gasteiger partial charge in [0.05, 0.1) is 12.2 Å². The van der Waals surface area contributed by atoms with Gasteiger partial charge in [-0.1, -0.05) is 30.3 Å². The topological polar surface area (TPSA) is 38.1 Å². The van der Waals surface area contributed by atoms with Crippen molar-refractivity contribution < 1.29 is 9.18 Å². The number of aryl methyl sites for hydroxylation is 2. The third kappa shape index (κ3) is 3.98. The molecule has 0 N–H and O–H groups in total. The van der Waals surface area contributed by atoms with Crippen LogP contribution in [-0.2, 0) is 13.1 Å². The van der Waals surface area contributed by atoms with Crippen molar-refractivity contribution >= 4 is 5.91 Å². The lowest BCUT2D eigenvalue weighted by Gasteiger charge is -2.23. The molecule has 0 radical (unpaired) electrons. The molecule has 0 spiro atoms. The maximum atomic E-state index is 14.1. The van der Waals surface area contributed by atoms with Crippen molar-refractivity contribution in [2.45, 2.75) is 45.8 Å². The zero-order chi connectivity index (χ0) is 19.7. The van der Waals surface area contributed by atoms with Gasteiger partial charge in [-0.15, -0.1) is 0 Å². The summed E-state index contributed by atoms with van der Waals surface area (Å²) in [6.07, 6.45) is 1.96. The van der Waals surface area contributed by atoms with E-state index in [2.05, 4.69) is 5.10 Å². The molecule has 1 heterocycles. The van der Waals surface area contributed by atoms with Crippen LogP contribution in [0.3, 0.4) is 0 Å². The Kier molecular flexibility index (Phi) is 4.99. The lowest BCUT2D eigenvalue weighted by molar-refractivity contribution is 0.0728. The molecule has 1 aliphatic rings. The number of hydrogen-bond acceptors (Lipinski definition) is 2. The van der Waals surface area contributed by atoms with Crippen molar-refractivity contribution in [3.63, 3.8) is 0 Å². The number of rotatable bonds is 6. The van der Waals surface area contributed by atoms with Gasteiger partial charge in [0.1, 0.15) is 5.82 Å². The van der Waals surface area contributed by atoms with Crippen LogP contribution in [-0.4, -0.2) is 26.6 Å². The number of carbonyl (C=O) groups excluding carboxylic acids is 1. The molecule has 0 unspecified atom stereocenters. The molecule has 1 amide bonds. The molecule has 3 aromatic rings. The summed E-state index contributed by atoms with van der Waals surface area (Å²) in [5, 5.41) is 4.50. The highest BCUT2D eigenvalue weighted by Gasteiger charge is 2.33. The van der Waals surface area contributed by atoms with Gasteiger partial charge in [-0.2, -0.15) is 5.10 Å². The minimum absolute atomic E-state index is 0.0408. The van der Waals surface area contributed by atoms with Crippen molar-refractivity contribution in [3.05, 3.63) is 88.5 Å². The Morgan fingerprint density at radius 1 is 1.14 bits per heavy atom. The molecule has 28 heavy (non-hydrogen) atoms. The highest BCUT2D eigenvalue weighted by Crippen LogP contribution is 2.30. The zero-order valence-corrected chi connectivity index (χ0v) is 16.2. The number of carbonyl (C=O) groups is 1. The van der Waals surface area contributed by atoms with E-state index in [4.69, 9.17) is 0 Å². The van der Waals surface area contributed by atoms with E-state index in [0.717, 1.165) is 29.8 Å². The van der Waals surface area contributed by atoms with Crippen molar-refractivity contribution in [2.24, 2.45) is 0 Å². The molecular weight excluding hydrogens is 353 g/mol. The fourth-order valence-electron chi connectivity index (χ4n) is 3.54. The number of nitrogens with zero attached hydrogens (tertiary/aromatic N) is 3. The van der Waals surface area contributed by atoms with Crippen LogP contribution in [0.15, 0.2) is 54.6 Å². The summed E-state index contributed by atoms with van der Waals surface area (Å²) in [5.74, 6) is -0.305. The van der Waals surface area contributed by atoms with E-state index in [1.165, 1.54) is 6.07 Å². The van der Waals surface area contributed by atoms with Crippen LogP contribution < -0.4 is 0 Å². The molecule has 5 heteroatoms. The molecule has 1 saturated carbocycles. The largest absolute Gasteiger partial charge is 0.331 e. The molecule has 4 rings (SSSR count). The number of amides is 1. The molecule has 0 bridgehead atoms. The number of benzene rings is 2. The first-order valence-electron chi connectivity index (χ1n) is 9.65. The Morgan fingerprint density at radius 3 is 2.61 bits per heavy atom. The Balaban J connectivity index is 1.56. The zero-order valence-electron chi connectivity index (χ0n) is 16.2. The van der Waals surface area contributed by atoms with E-state index < -0.39 is 0 Å². The Hall–Kier alpha value is -2.95. The maximum Gasteiger partial charge on any atom is 0.254 e. The highest BCUT2D eigenvalue weighted by atomic mass is 19.1.